The number of ether oxygens (including phenoxy) is 1. The first-order valence-electron chi connectivity index (χ1n) is 6.26. The minimum absolute atomic E-state index is 0.258. The highest BCUT2D eigenvalue weighted by Crippen LogP contribution is 2.24. The lowest BCUT2D eigenvalue weighted by atomic mass is 10.1. The molecular formula is C16H16BrNO2. The molecule has 0 aliphatic heterocycles. The molecule has 0 aliphatic carbocycles. The summed E-state index contributed by atoms with van der Waals surface area (Å²) in [6.07, 6.45) is 0. The van der Waals surface area contributed by atoms with Crippen molar-refractivity contribution in [2.45, 2.75) is 20.5 Å². The third kappa shape index (κ3) is 3.20. The van der Waals surface area contributed by atoms with Gasteiger partial charge in [-0.05, 0) is 53.0 Å². The Labute approximate surface area is 126 Å². The van der Waals surface area contributed by atoms with Crippen molar-refractivity contribution >= 4 is 27.6 Å². The molecular weight excluding hydrogens is 318 g/mol. The lowest BCUT2D eigenvalue weighted by molar-refractivity contribution is 0.0471. The number of benzene rings is 2. The van der Waals surface area contributed by atoms with Gasteiger partial charge in [0.25, 0.3) is 0 Å². The molecule has 0 saturated heterocycles. The molecule has 0 radical (unpaired) electrons. The molecule has 0 atom stereocenters. The fourth-order valence-electron chi connectivity index (χ4n) is 1.88. The normalized spacial score (nSPS) is 10.3. The predicted molar refractivity (Wildman–Crippen MR) is 83.6 cm³/mol. The number of aryl methyl sites for hydroxylation is 2. The number of hydrogen-bond donors (Lipinski definition) is 1. The lowest BCUT2D eigenvalue weighted by Gasteiger charge is -2.10. The molecule has 20 heavy (non-hydrogen) atoms. The number of nitrogen functional groups attached to an aromatic ring is 1. The van der Waals surface area contributed by atoms with E-state index in [-0.39, 0.29) is 12.6 Å². The Morgan fingerprint density at radius 3 is 2.75 bits per heavy atom. The first kappa shape index (κ1) is 14.6. The highest BCUT2D eigenvalue weighted by molar-refractivity contribution is 9.10. The average molecular weight is 334 g/mol. The molecule has 2 aromatic rings. The molecule has 2 rings (SSSR count). The van der Waals surface area contributed by atoms with Crippen molar-refractivity contribution in [3.8, 4) is 0 Å². The van der Waals surface area contributed by atoms with Crippen LogP contribution in [-0.4, -0.2) is 5.97 Å². The summed E-state index contributed by atoms with van der Waals surface area (Å²) in [7, 11) is 0. The number of hydrogen-bond acceptors (Lipinski definition) is 3. The maximum Gasteiger partial charge on any atom is 0.339 e. The topological polar surface area (TPSA) is 52.3 Å². The van der Waals surface area contributed by atoms with Gasteiger partial charge in [0.1, 0.15) is 6.61 Å². The Hall–Kier alpha value is -1.81. The number of halogens is 1. The second-order valence-electron chi connectivity index (χ2n) is 4.71. The summed E-state index contributed by atoms with van der Waals surface area (Å²) in [4.78, 5) is 12.1. The standard InChI is InChI=1S/C16H16BrNO2/c1-10-6-7-11(2)12(8-10)9-20-16(19)13-4-3-5-14(18)15(13)17/h3-8H,9,18H2,1-2H3. The van der Waals surface area contributed by atoms with E-state index in [1.165, 1.54) is 0 Å². The van der Waals surface area contributed by atoms with Gasteiger partial charge in [-0.25, -0.2) is 4.79 Å². The summed E-state index contributed by atoms with van der Waals surface area (Å²) < 4.78 is 5.94. The van der Waals surface area contributed by atoms with Crippen LogP contribution in [0.15, 0.2) is 40.9 Å². The maximum atomic E-state index is 12.1. The van der Waals surface area contributed by atoms with Crippen LogP contribution < -0.4 is 5.73 Å². The number of esters is 1. The third-order valence-electron chi connectivity index (χ3n) is 3.11. The van der Waals surface area contributed by atoms with Crippen molar-refractivity contribution in [2.24, 2.45) is 0 Å². The molecule has 104 valence electrons. The second kappa shape index (κ2) is 6.09. The first-order chi connectivity index (χ1) is 9.49. The first-order valence-corrected chi connectivity index (χ1v) is 7.05. The quantitative estimate of drug-likeness (QED) is 0.682. The third-order valence-corrected chi connectivity index (χ3v) is 4.00. The van der Waals surface area contributed by atoms with Crippen molar-refractivity contribution in [3.63, 3.8) is 0 Å². The molecule has 0 spiro atoms. The number of anilines is 1. The smallest absolute Gasteiger partial charge is 0.339 e. The van der Waals surface area contributed by atoms with Crippen molar-refractivity contribution in [1.29, 1.82) is 0 Å². The molecule has 0 amide bonds. The van der Waals surface area contributed by atoms with Gasteiger partial charge in [-0.1, -0.05) is 29.8 Å². The fourth-order valence-corrected chi connectivity index (χ4v) is 2.31. The molecule has 2 aromatic carbocycles. The van der Waals surface area contributed by atoms with Crippen LogP contribution in [-0.2, 0) is 11.3 Å². The molecule has 0 unspecified atom stereocenters. The highest BCUT2D eigenvalue weighted by Gasteiger charge is 2.13. The van der Waals surface area contributed by atoms with Crippen LogP contribution in [0.5, 0.6) is 0 Å². The highest BCUT2D eigenvalue weighted by atomic mass is 79.9. The van der Waals surface area contributed by atoms with E-state index in [4.69, 9.17) is 10.5 Å². The van der Waals surface area contributed by atoms with Gasteiger partial charge in [-0.2, -0.15) is 0 Å². The summed E-state index contributed by atoms with van der Waals surface area (Å²) in [5.74, 6) is -0.384. The Kier molecular flexibility index (Phi) is 4.45. The van der Waals surface area contributed by atoms with Crippen molar-refractivity contribution in [2.75, 3.05) is 5.73 Å². The van der Waals surface area contributed by atoms with Gasteiger partial charge < -0.3 is 10.5 Å². The van der Waals surface area contributed by atoms with Crippen LogP contribution in [0.3, 0.4) is 0 Å². The molecule has 0 aromatic heterocycles. The van der Waals surface area contributed by atoms with Crippen molar-refractivity contribution in [3.05, 3.63) is 63.1 Å². The van der Waals surface area contributed by atoms with Gasteiger partial charge >= 0.3 is 5.97 Å². The Bertz CT molecular complexity index is 653. The van der Waals surface area contributed by atoms with Gasteiger partial charge in [-0.3, -0.25) is 0 Å². The molecule has 0 fully saturated rings. The minimum atomic E-state index is -0.384. The molecule has 2 N–H and O–H groups in total. The minimum Gasteiger partial charge on any atom is -0.457 e. The number of carbonyl (C=O) groups is 1. The zero-order valence-corrected chi connectivity index (χ0v) is 13.0. The van der Waals surface area contributed by atoms with Crippen LogP contribution in [0, 0.1) is 13.8 Å². The van der Waals surface area contributed by atoms with E-state index >= 15 is 0 Å². The lowest BCUT2D eigenvalue weighted by Crippen LogP contribution is -2.08. The summed E-state index contributed by atoms with van der Waals surface area (Å²) in [5.41, 5.74) is 9.98. The van der Waals surface area contributed by atoms with Gasteiger partial charge in [0.15, 0.2) is 0 Å². The van der Waals surface area contributed by atoms with Crippen molar-refractivity contribution in [1.82, 2.24) is 0 Å². The van der Waals surface area contributed by atoms with Crippen LogP contribution >= 0.6 is 15.9 Å². The number of carbonyl (C=O) groups excluding carboxylic acids is 1. The van der Waals surface area contributed by atoms with E-state index in [9.17, 15) is 4.79 Å². The van der Waals surface area contributed by atoms with E-state index in [0.29, 0.717) is 15.7 Å². The average Bonchev–Trinajstić information content (AvgIpc) is 2.42. The number of rotatable bonds is 3. The van der Waals surface area contributed by atoms with E-state index in [1.54, 1.807) is 18.2 Å². The number of nitrogens with two attached hydrogens (primary N) is 1. The van der Waals surface area contributed by atoms with Crippen LogP contribution in [0.1, 0.15) is 27.0 Å². The fraction of sp³-hybridized carbons (Fsp3) is 0.188. The van der Waals surface area contributed by atoms with Crippen molar-refractivity contribution < 1.29 is 9.53 Å². The zero-order chi connectivity index (χ0) is 14.7. The summed E-state index contributed by atoms with van der Waals surface area (Å²) in [5, 5.41) is 0. The summed E-state index contributed by atoms with van der Waals surface area (Å²) in [6.45, 7) is 4.27. The Balaban J connectivity index is 2.13. The predicted octanol–water partition coefficient (Wildman–Crippen LogP) is 4.01. The van der Waals surface area contributed by atoms with E-state index in [1.807, 2.05) is 32.0 Å². The molecule has 3 nitrogen and oxygen atoms in total. The Morgan fingerprint density at radius 1 is 1.25 bits per heavy atom. The SMILES string of the molecule is Cc1ccc(C)c(COC(=O)c2cccc(N)c2Br)c1. The van der Waals surface area contributed by atoms with Gasteiger partial charge in [0, 0.05) is 5.69 Å². The van der Waals surface area contributed by atoms with E-state index in [0.717, 1.165) is 16.7 Å². The van der Waals surface area contributed by atoms with E-state index in [2.05, 4.69) is 15.9 Å². The Morgan fingerprint density at radius 2 is 2.00 bits per heavy atom. The zero-order valence-electron chi connectivity index (χ0n) is 11.4. The van der Waals surface area contributed by atoms with Crippen LogP contribution in [0.2, 0.25) is 0 Å². The van der Waals surface area contributed by atoms with Crippen LogP contribution in [0.25, 0.3) is 0 Å². The van der Waals surface area contributed by atoms with E-state index < -0.39 is 0 Å². The summed E-state index contributed by atoms with van der Waals surface area (Å²) >= 11 is 3.31. The molecule has 0 bridgehead atoms. The van der Waals surface area contributed by atoms with Gasteiger partial charge in [0.2, 0.25) is 0 Å². The molecule has 0 aliphatic rings. The molecule has 0 saturated carbocycles. The van der Waals surface area contributed by atoms with Crippen LogP contribution in [0.4, 0.5) is 5.69 Å². The summed E-state index contributed by atoms with van der Waals surface area (Å²) in [6, 6.07) is 11.2. The maximum absolute atomic E-state index is 12.1. The largest absolute Gasteiger partial charge is 0.457 e. The monoisotopic (exact) mass is 333 g/mol. The van der Waals surface area contributed by atoms with Gasteiger partial charge in [0.05, 0.1) is 10.0 Å². The molecule has 4 heteroatoms. The van der Waals surface area contributed by atoms with Gasteiger partial charge in [-0.15, -0.1) is 0 Å². The second-order valence-corrected chi connectivity index (χ2v) is 5.51. The molecule has 0 heterocycles.